The number of nitriles is 1. The molecular weight excluding hydrogens is 256 g/mol. The molecule has 0 aromatic carbocycles. The molecule has 0 saturated carbocycles. The lowest BCUT2D eigenvalue weighted by molar-refractivity contribution is 0.628. The molecule has 0 bridgehead atoms. The predicted octanol–water partition coefficient (Wildman–Crippen LogP) is 2.29. The molecular formula is C10H9BrN4. The minimum Gasteiger partial charge on any atom is -0.221 e. The van der Waals surface area contributed by atoms with E-state index in [-0.39, 0.29) is 0 Å². The Labute approximate surface area is 95.7 Å². The Balaban J connectivity index is 2.63. The van der Waals surface area contributed by atoms with Crippen LogP contribution in [0.15, 0.2) is 22.8 Å². The van der Waals surface area contributed by atoms with E-state index in [9.17, 15) is 0 Å². The van der Waals surface area contributed by atoms with Gasteiger partial charge in [-0.25, -0.2) is 9.50 Å². The molecule has 2 aromatic rings. The lowest BCUT2D eigenvalue weighted by Gasteiger charge is -2.07. The Morgan fingerprint density at radius 2 is 2.27 bits per heavy atom. The first-order valence-corrected chi connectivity index (χ1v) is 5.26. The quantitative estimate of drug-likeness (QED) is 0.794. The molecule has 0 aliphatic rings. The molecule has 0 atom stereocenters. The third-order valence-corrected chi connectivity index (χ3v) is 2.63. The van der Waals surface area contributed by atoms with Gasteiger partial charge in [-0.1, -0.05) is 15.9 Å². The normalized spacial score (nSPS) is 11.6. The van der Waals surface area contributed by atoms with E-state index >= 15 is 0 Å². The van der Waals surface area contributed by atoms with E-state index in [1.807, 2.05) is 18.3 Å². The summed E-state index contributed by atoms with van der Waals surface area (Å²) in [5.41, 5.74) is 0.0843. The van der Waals surface area contributed by atoms with Crippen molar-refractivity contribution in [3.63, 3.8) is 0 Å². The number of rotatable bonds is 1. The highest BCUT2D eigenvalue weighted by atomic mass is 79.9. The summed E-state index contributed by atoms with van der Waals surface area (Å²) >= 11 is 3.36. The number of hydrogen-bond acceptors (Lipinski definition) is 3. The van der Waals surface area contributed by atoms with Crippen LogP contribution in [0.3, 0.4) is 0 Å². The molecule has 5 heteroatoms. The van der Waals surface area contributed by atoms with Crippen LogP contribution in [0.5, 0.6) is 0 Å². The van der Waals surface area contributed by atoms with Crippen molar-refractivity contribution in [1.82, 2.24) is 14.6 Å². The minimum absolute atomic E-state index is 0.545. The van der Waals surface area contributed by atoms with Crippen LogP contribution in [0.1, 0.15) is 19.7 Å². The van der Waals surface area contributed by atoms with Crippen molar-refractivity contribution in [3.8, 4) is 6.07 Å². The summed E-state index contributed by atoms with van der Waals surface area (Å²) in [5, 5.41) is 13.2. The lowest BCUT2D eigenvalue weighted by Crippen LogP contribution is -2.16. The fraction of sp³-hybridized carbons (Fsp3) is 0.300. The standard InChI is InChI=1S/C10H9BrN4/c1-10(2,6-12)9-13-8-5-7(11)3-4-15(8)14-9/h3-5H,1-2H3. The Bertz CT molecular complexity index is 550. The number of nitrogens with zero attached hydrogens (tertiary/aromatic N) is 4. The second kappa shape index (κ2) is 3.31. The van der Waals surface area contributed by atoms with Gasteiger partial charge in [0.15, 0.2) is 11.5 Å². The minimum atomic E-state index is -0.654. The van der Waals surface area contributed by atoms with E-state index in [1.165, 1.54) is 0 Å². The molecule has 15 heavy (non-hydrogen) atoms. The highest BCUT2D eigenvalue weighted by Crippen LogP contribution is 2.20. The summed E-state index contributed by atoms with van der Waals surface area (Å²) in [6.07, 6.45) is 1.81. The second-order valence-corrected chi connectivity index (χ2v) is 4.74. The number of halogens is 1. The molecule has 2 heterocycles. The zero-order valence-electron chi connectivity index (χ0n) is 8.40. The Hall–Kier alpha value is -1.41. The summed E-state index contributed by atoms with van der Waals surface area (Å²) < 4.78 is 2.61. The van der Waals surface area contributed by atoms with Crippen LogP contribution in [-0.4, -0.2) is 14.6 Å². The van der Waals surface area contributed by atoms with E-state index in [2.05, 4.69) is 32.1 Å². The summed E-state index contributed by atoms with van der Waals surface area (Å²) in [7, 11) is 0. The lowest BCUT2D eigenvalue weighted by atomic mass is 9.95. The number of pyridine rings is 1. The Kier molecular flexibility index (Phi) is 2.24. The third-order valence-electron chi connectivity index (χ3n) is 2.14. The molecule has 0 unspecified atom stereocenters. The van der Waals surface area contributed by atoms with Gasteiger partial charge >= 0.3 is 0 Å². The fourth-order valence-corrected chi connectivity index (χ4v) is 1.49. The van der Waals surface area contributed by atoms with Gasteiger partial charge in [0.25, 0.3) is 0 Å². The van der Waals surface area contributed by atoms with Gasteiger partial charge in [-0.2, -0.15) is 5.26 Å². The zero-order valence-corrected chi connectivity index (χ0v) is 9.98. The first-order valence-electron chi connectivity index (χ1n) is 4.46. The largest absolute Gasteiger partial charge is 0.221 e. The smallest absolute Gasteiger partial charge is 0.171 e. The van der Waals surface area contributed by atoms with E-state index < -0.39 is 5.41 Å². The van der Waals surface area contributed by atoms with Crippen molar-refractivity contribution in [2.75, 3.05) is 0 Å². The van der Waals surface area contributed by atoms with E-state index in [0.717, 1.165) is 10.1 Å². The first kappa shape index (κ1) is 10.1. The van der Waals surface area contributed by atoms with Crippen LogP contribution >= 0.6 is 15.9 Å². The van der Waals surface area contributed by atoms with Crippen LogP contribution in [0.2, 0.25) is 0 Å². The molecule has 2 rings (SSSR count). The summed E-state index contributed by atoms with van der Waals surface area (Å²) in [6, 6.07) is 5.93. The van der Waals surface area contributed by atoms with Gasteiger partial charge in [-0.15, -0.1) is 5.10 Å². The first-order chi connectivity index (χ1) is 7.03. The van der Waals surface area contributed by atoms with Crippen molar-refractivity contribution in [1.29, 1.82) is 5.26 Å². The molecule has 2 aromatic heterocycles. The molecule has 4 nitrogen and oxygen atoms in total. The van der Waals surface area contributed by atoms with E-state index in [1.54, 1.807) is 18.4 Å². The molecule has 0 spiro atoms. The van der Waals surface area contributed by atoms with Crippen molar-refractivity contribution < 1.29 is 0 Å². The van der Waals surface area contributed by atoms with Gasteiger partial charge in [0, 0.05) is 10.7 Å². The number of fused-ring (bicyclic) bond motifs is 1. The average Bonchev–Trinajstić information content (AvgIpc) is 2.61. The fourth-order valence-electron chi connectivity index (χ4n) is 1.17. The summed E-state index contributed by atoms with van der Waals surface area (Å²) in [5.74, 6) is 0.545. The van der Waals surface area contributed by atoms with E-state index in [0.29, 0.717) is 5.82 Å². The van der Waals surface area contributed by atoms with Gasteiger partial charge in [0.1, 0.15) is 5.41 Å². The van der Waals surface area contributed by atoms with Crippen LogP contribution in [0, 0.1) is 11.3 Å². The SMILES string of the molecule is CC(C)(C#N)c1nc2cc(Br)ccn2n1. The van der Waals surface area contributed by atoms with Gasteiger partial charge in [0.2, 0.25) is 0 Å². The van der Waals surface area contributed by atoms with Crippen molar-refractivity contribution in [3.05, 3.63) is 28.6 Å². The summed E-state index contributed by atoms with van der Waals surface area (Å²) in [4.78, 5) is 4.32. The van der Waals surface area contributed by atoms with Crippen molar-refractivity contribution >= 4 is 21.6 Å². The average molecular weight is 265 g/mol. The maximum atomic E-state index is 8.98. The monoisotopic (exact) mass is 264 g/mol. The predicted molar refractivity (Wildman–Crippen MR) is 59.3 cm³/mol. The maximum Gasteiger partial charge on any atom is 0.171 e. The third kappa shape index (κ3) is 1.73. The van der Waals surface area contributed by atoms with Crippen LogP contribution in [-0.2, 0) is 5.41 Å². The topological polar surface area (TPSA) is 54.0 Å². The van der Waals surface area contributed by atoms with Crippen LogP contribution in [0.4, 0.5) is 0 Å². The molecule has 76 valence electrons. The number of hydrogen-bond donors (Lipinski definition) is 0. The summed E-state index contributed by atoms with van der Waals surface area (Å²) in [6.45, 7) is 3.60. The van der Waals surface area contributed by atoms with E-state index in [4.69, 9.17) is 5.26 Å². The zero-order chi connectivity index (χ0) is 11.1. The molecule has 0 fully saturated rings. The van der Waals surface area contributed by atoms with Crippen LogP contribution < -0.4 is 0 Å². The second-order valence-electron chi connectivity index (χ2n) is 3.82. The van der Waals surface area contributed by atoms with Crippen LogP contribution in [0.25, 0.3) is 5.65 Å². The van der Waals surface area contributed by atoms with Gasteiger partial charge in [0.05, 0.1) is 6.07 Å². The van der Waals surface area contributed by atoms with Gasteiger partial charge in [-0.05, 0) is 26.0 Å². The maximum absolute atomic E-state index is 8.98. The highest BCUT2D eigenvalue weighted by molar-refractivity contribution is 9.10. The van der Waals surface area contributed by atoms with Crippen molar-refractivity contribution in [2.45, 2.75) is 19.3 Å². The molecule has 0 aliphatic heterocycles. The molecule has 0 radical (unpaired) electrons. The highest BCUT2D eigenvalue weighted by Gasteiger charge is 2.25. The van der Waals surface area contributed by atoms with Crippen molar-refractivity contribution in [2.24, 2.45) is 0 Å². The Morgan fingerprint density at radius 1 is 1.53 bits per heavy atom. The Morgan fingerprint density at radius 3 is 2.93 bits per heavy atom. The molecule has 0 saturated heterocycles. The number of aromatic nitrogens is 3. The molecule has 0 N–H and O–H groups in total. The molecule has 0 amide bonds. The van der Waals surface area contributed by atoms with Gasteiger partial charge < -0.3 is 0 Å². The van der Waals surface area contributed by atoms with Gasteiger partial charge in [-0.3, -0.25) is 0 Å². The molecule has 0 aliphatic carbocycles.